The Hall–Kier alpha value is -5.37. The molecule has 4 aromatic carbocycles. The summed E-state index contributed by atoms with van der Waals surface area (Å²) >= 11 is 0. The van der Waals surface area contributed by atoms with Crippen LogP contribution in [0.15, 0.2) is 114 Å². The van der Waals surface area contributed by atoms with Gasteiger partial charge in [0.15, 0.2) is 0 Å². The van der Waals surface area contributed by atoms with Crippen LogP contribution in [0.25, 0.3) is 6.08 Å². The van der Waals surface area contributed by atoms with Crippen molar-refractivity contribution in [3.05, 3.63) is 126 Å². The molecule has 1 saturated heterocycles. The number of hydrogen-bond donors (Lipinski definition) is 0. The van der Waals surface area contributed by atoms with Crippen molar-refractivity contribution >= 4 is 46.8 Å². The topological polar surface area (TPSA) is 80.7 Å². The lowest BCUT2D eigenvalue weighted by Gasteiger charge is -2.25. The van der Waals surface area contributed by atoms with Crippen molar-refractivity contribution in [2.75, 3.05) is 32.2 Å². The maximum Gasteiger partial charge on any atom is 0.340 e. The van der Waals surface area contributed by atoms with E-state index in [1.807, 2.05) is 66.4 Å². The molecule has 1 aliphatic heterocycles. The standard InChI is InChI=1S/C34H31N3O5/c1-4-36-23-29(42-34(36)35-31-22-25(32(38)40-2)17-20-30(31)33(39)41-3)21-24-15-18-28(19-16-24)37(26-11-7-5-8-12-26)27-13-9-6-10-14-27/h5-22H,4,23H2,1-3H3/b29-21+,35-34+. The highest BCUT2D eigenvalue weighted by Crippen LogP contribution is 2.34. The molecule has 8 nitrogen and oxygen atoms in total. The van der Waals surface area contributed by atoms with Crippen LogP contribution in [0.3, 0.4) is 0 Å². The van der Waals surface area contributed by atoms with Crippen LogP contribution in [0.4, 0.5) is 22.7 Å². The second kappa shape index (κ2) is 12.9. The highest BCUT2D eigenvalue weighted by molar-refractivity contribution is 5.99. The molecule has 4 aromatic rings. The maximum atomic E-state index is 12.4. The number of amidine groups is 1. The zero-order valence-electron chi connectivity index (χ0n) is 23.7. The Morgan fingerprint density at radius 3 is 2.00 bits per heavy atom. The number of hydrogen-bond acceptors (Lipinski definition) is 7. The van der Waals surface area contributed by atoms with E-state index in [0.29, 0.717) is 24.9 Å². The Morgan fingerprint density at radius 2 is 1.43 bits per heavy atom. The summed E-state index contributed by atoms with van der Waals surface area (Å²) in [6, 6.07) is 33.5. The second-order valence-corrected chi connectivity index (χ2v) is 9.43. The number of esters is 2. The van der Waals surface area contributed by atoms with E-state index in [0.717, 1.165) is 22.6 Å². The number of methoxy groups -OCH3 is 2. The Morgan fingerprint density at radius 1 is 0.833 bits per heavy atom. The first-order chi connectivity index (χ1) is 20.5. The third-order valence-electron chi connectivity index (χ3n) is 6.77. The summed E-state index contributed by atoms with van der Waals surface area (Å²) in [4.78, 5) is 33.3. The van der Waals surface area contributed by atoms with Crippen LogP contribution in [0.2, 0.25) is 0 Å². The largest absolute Gasteiger partial charge is 0.465 e. The number of ether oxygens (including phenoxy) is 3. The molecule has 0 aromatic heterocycles. The predicted molar refractivity (Wildman–Crippen MR) is 164 cm³/mol. The molecule has 1 heterocycles. The highest BCUT2D eigenvalue weighted by atomic mass is 16.5. The van der Waals surface area contributed by atoms with E-state index in [-0.39, 0.29) is 16.8 Å². The van der Waals surface area contributed by atoms with Crippen LogP contribution in [0.1, 0.15) is 33.2 Å². The number of carbonyl (C=O) groups is 2. The monoisotopic (exact) mass is 561 g/mol. The summed E-state index contributed by atoms with van der Waals surface area (Å²) in [5, 5.41) is 0. The SMILES string of the molecule is CCN1C/C(=C\c2ccc(N(c3ccccc3)c3ccccc3)cc2)O/C1=N/c1cc(C(=O)OC)ccc1C(=O)OC. The third-order valence-corrected chi connectivity index (χ3v) is 6.77. The summed E-state index contributed by atoms with van der Waals surface area (Å²) in [5.41, 5.74) is 4.86. The summed E-state index contributed by atoms with van der Waals surface area (Å²) < 4.78 is 15.9. The van der Waals surface area contributed by atoms with Gasteiger partial charge in [-0.2, -0.15) is 4.99 Å². The Kier molecular flexibility index (Phi) is 8.63. The lowest BCUT2D eigenvalue weighted by Crippen LogP contribution is -2.24. The Bertz CT molecular complexity index is 1580. The van der Waals surface area contributed by atoms with E-state index < -0.39 is 11.9 Å². The van der Waals surface area contributed by atoms with Gasteiger partial charge in [0.25, 0.3) is 6.02 Å². The fourth-order valence-corrected chi connectivity index (χ4v) is 4.65. The number of para-hydroxylation sites is 2. The minimum Gasteiger partial charge on any atom is -0.465 e. The maximum absolute atomic E-state index is 12.4. The van der Waals surface area contributed by atoms with Crippen molar-refractivity contribution in [3.63, 3.8) is 0 Å². The predicted octanol–water partition coefficient (Wildman–Crippen LogP) is 7.11. The van der Waals surface area contributed by atoms with Gasteiger partial charge in [-0.25, -0.2) is 9.59 Å². The van der Waals surface area contributed by atoms with Crippen molar-refractivity contribution in [3.8, 4) is 0 Å². The lowest BCUT2D eigenvalue weighted by atomic mass is 10.1. The quantitative estimate of drug-likeness (QED) is 0.212. The van der Waals surface area contributed by atoms with E-state index in [2.05, 4.69) is 46.3 Å². The van der Waals surface area contributed by atoms with Gasteiger partial charge in [-0.3, -0.25) is 0 Å². The van der Waals surface area contributed by atoms with Crippen LogP contribution in [-0.4, -0.2) is 50.2 Å². The van der Waals surface area contributed by atoms with Crippen molar-refractivity contribution in [1.29, 1.82) is 0 Å². The lowest BCUT2D eigenvalue weighted by molar-refractivity contribution is 0.0587. The summed E-state index contributed by atoms with van der Waals surface area (Å²) in [7, 11) is 2.59. The average Bonchev–Trinajstić information content (AvgIpc) is 3.43. The van der Waals surface area contributed by atoms with Gasteiger partial charge in [-0.15, -0.1) is 0 Å². The molecular weight excluding hydrogens is 530 g/mol. The normalized spacial score (nSPS) is 14.5. The van der Waals surface area contributed by atoms with Crippen LogP contribution in [0, 0.1) is 0 Å². The summed E-state index contributed by atoms with van der Waals surface area (Å²) in [6.45, 7) is 3.12. The first kappa shape index (κ1) is 28.2. The molecule has 1 aliphatic rings. The molecule has 1 fully saturated rings. The van der Waals surface area contributed by atoms with Gasteiger partial charge in [-0.1, -0.05) is 48.5 Å². The molecule has 0 bridgehead atoms. The zero-order chi connectivity index (χ0) is 29.5. The van der Waals surface area contributed by atoms with Gasteiger partial charge >= 0.3 is 11.9 Å². The van der Waals surface area contributed by atoms with Gasteiger partial charge in [-0.05, 0) is 73.2 Å². The Balaban J connectivity index is 1.43. The molecule has 0 aliphatic carbocycles. The molecule has 212 valence electrons. The molecular formula is C34H31N3O5. The van der Waals surface area contributed by atoms with Gasteiger partial charge in [0.05, 0.1) is 37.6 Å². The van der Waals surface area contributed by atoms with Crippen LogP contribution in [-0.2, 0) is 14.2 Å². The van der Waals surface area contributed by atoms with E-state index in [4.69, 9.17) is 14.2 Å². The molecule has 0 N–H and O–H groups in total. The minimum absolute atomic E-state index is 0.215. The number of rotatable bonds is 8. The number of likely N-dealkylation sites (N-methyl/N-ethyl adjacent to an activating group) is 1. The van der Waals surface area contributed by atoms with Crippen molar-refractivity contribution in [1.82, 2.24) is 4.90 Å². The van der Waals surface area contributed by atoms with Crippen molar-refractivity contribution in [2.24, 2.45) is 4.99 Å². The van der Waals surface area contributed by atoms with Gasteiger partial charge in [0.1, 0.15) is 5.76 Å². The number of benzene rings is 4. The third kappa shape index (κ3) is 6.18. The number of aliphatic imine (C=N–C) groups is 1. The fourth-order valence-electron chi connectivity index (χ4n) is 4.65. The fraction of sp³-hybridized carbons (Fsp3) is 0.147. The zero-order valence-corrected chi connectivity index (χ0v) is 23.7. The first-order valence-electron chi connectivity index (χ1n) is 13.5. The Labute approximate surface area is 245 Å². The molecule has 8 heteroatoms. The molecule has 0 radical (unpaired) electrons. The van der Waals surface area contributed by atoms with E-state index >= 15 is 0 Å². The van der Waals surface area contributed by atoms with Gasteiger partial charge in [0, 0.05) is 23.6 Å². The molecule has 42 heavy (non-hydrogen) atoms. The smallest absolute Gasteiger partial charge is 0.340 e. The van der Waals surface area contributed by atoms with Crippen LogP contribution in [0.5, 0.6) is 0 Å². The molecule has 0 unspecified atom stereocenters. The van der Waals surface area contributed by atoms with Crippen LogP contribution >= 0.6 is 0 Å². The number of nitrogens with zero attached hydrogens (tertiary/aromatic N) is 3. The van der Waals surface area contributed by atoms with Gasteiger partial charge < -0.3 is 24.0 Å². The number of carbonyl (C=O) groups excluding carboxylic acids is 2. The van der Waals surface area contributed by atoms with E-state index in [1.165, 1.54) is 32.4 Å². The highest BCUT2D eigenvalue weighted by Gasteiger charge is 2.25. The summed E-state index contributed by atoms with van der Waals surface area (Å²) in [5.74, 6) is -0.396. The van der Waals surface area contributed by atoms with E-state index in [9.17, 15) is 9.59 Å². The minimum atomic E-state index is -0.567. The van der Waals surface area contributed by atoms with Crippen LogP contribution < -0.4 is 4.90 Å². The van der Waals surface area contributed by atoms with Gasteiger partial charge in [0.2, 0.25) is 0 Å². The molecule has 5 rings (SSSR count). The summed E-state index contributed by atoms with van der Waals surface area (Å²) in [6.07, 6.45) is 1.97. The number of anilines is 3. The van der Waals surface area contributed by atoms with Crippen molar-refractivity contribution < 1.29 is 23.8 Å². The molecule has 0 spiro atoms. The first-order valence-corrected chi connectivity index (χ1v) is 13.5. The van der Waals surface area contributed by atoms with E-state index in [1.54, 1.807) is 0 Å². The molecule has 0 saturated carbocycles. The average molecular weight is 562 g/mol. The molecule has 0 amide bonds. The second-order valence-electron chi connectivity index (χ2n) is 9.43. The molecule has 0 atom stereocenters. The van der Waals surface area contributed by atoms with Crippen molar-refractivity contribution in [2.45, 2.75) is 6.92 Å².